The molecule has 98 valence electrons. The molecule has 2 rings (SSSR count). The normalized spacial score (nSPS) is 14.8. The molecular weight excluding hydrogens is 268 g/mol. The maximum Gasteiger partial charge on any atom is 0.243 e. The lowest BCUT2D eigenvalue weighted by atomic mass is 10.1. The zero-order valence-electron chi connectivity index (χ0n) is 10.2. The number of thiocarbonyl (C=S) groups is 1. The van der Waals surface area contributed by atoms with Gasteiger partial charge in [0.2, 0.25) is 10.0 Å². The van der Waals surface area contributed by atoms with E-state index in [0.717, 1.165) is 24.8 Å². The summed E-state index contributed by atoms with van der Waals surface area (Å²) in [5.74, 6) is 0. The van der Waals surface area contributed by atoms with Crippen LogP contribution < -0.4 is 5.73 Å². The minimum atomic E-state index is -3.49. The first-order chi connectivity index (χ1) is 8.41. The molecule has 2 N–H and O–H groups in total. The van der Waals surface area contributed by atoms with Crippen LogP contribution in [-0.2, 0) is 22.9 Å². The Labute approximate surface area is 113 Å². The molecule has 0 radical (unpaired) electrons. The van der Waals surface area contributed by atoms with Crippen molar-refractivity contribution in [1.29, 1.82) is 0 Å². The van der Waals surface area contributed by atoms with E-state index >= 15 is 0 Å². The molecule has 0 spiro atoms. The number of benzene rings is 1. The maximum absolute atomic E-state index is 12.3. The van der Waals surface area contributed by atoms with E-state index < -0.39 is 10.0 Å². The lowest BCUT2D eigenvalue weighted by Gasteiger charge is -2.17. The third-order valence-corrected chi connectivity index (χ3v) is 5.09. The van der Waals surface area contributed by atoms with Crippen LogP contribution in [0.25, 0.3) is 0 Å². The molecule has 0 bridgehead atoms. The Balaban J connectivity index is 2.33. The molecular formula is C12H16N2O2S2. The molecule has 1 aliphatic carbocycles. The summed E-state index contributed by atoms with van der Waals surface area (Å²) in [6.45, 7) is 0.0642. The van der Waals surface area contributed by atoms with Crippen molar-refractivity contribution < 1.29 is 8.42 Å². The Morgan fingerprint density at radius 1 is 1.39 bits per heavy atom. The van der Waals surface area contributed by atoms with Crippen molar-refractivity contribution in [3.8, 4) is 0 Å². The summed E-state index contributed by atoms with van der Waals surface area (Å²) in [7, 11) is -2.00. The fraction of sp³-hybridized carbons (Fsp3) is 0.417. The second kappa shape index (κ2) is 4.95. The number of hydrogen-bond acceptors (Lipinski definition) is 3. The molecule has 0 heterocycles. The van der Waals surface area contributed by atoms with Crippen molar-refractivity contribution in [3.05, 3.63) is 29.3 Å². The zero-order chi connectivity index (χ0) is 13.3. The van der Waals surface area contributed by atoms with Gasteiger partial charge in [0.15, 0.2) is 0 Å². The molecule has 0 fully saturated rings. The highest BCUT2D eigenvalue weighted by Crippen LogP contribution is 2.25. The van der Waals surface area contributed by atoms with Gasteiger partial charge in [-0.1, -0.05) is 18.3 Å². The van der Waals surface area contributed by atoms with Crippen LogP contribution in [0.4, 0.5) is 0 Å². The van der Waals surface area contributed by atoms with E-state index in [9.17, 15) is 8.42 Å². The first-order valence-corrected chi connectivity index (χ1v) is 7.62. The van der Waals surface area contributed by atoms with Gasteiger partial charge in [0, 0.05) is 7.05 Å². The molecule has 0 aromatic heterocycles. The molecule has 0 amide bonds. The monoisotopic (exact) mass is 284 g/mol. The second-order valence-electron chi connectivity index (χ2n) is 4.51. The Kier molecular flexibility index (Phi) is 3.70. The molecule has 1 aliphatic rings. The summed E-state index contributed by atoms with van der Waals surface area (Å²) in [6.07, 6.45) is 3.09. The second-order valence-corrected chi connectivity index (χ2v) is 7.08. The number of hydrogen-bond donors (Lipinski definition) is 1. The SMILES string of the molecule is CN(CC(N)=S)S(=O)(=O)c1ccc2c(c1)CCC2. The van der Waals surface area contributed by atoms with Gasteiger partial charge in [-0.2, -0.15) is 4.31 Å². The van der Waals surface area contributed by atoms with E-state index in [-0.39, 0.29) is 11.5 Å². The van der Waals surface area contributed by atoms with E-state index in [1.54, 1.807) is 12.1 Å². The predicted octanol–water partition coefficient (Wildman–Crippen LogP) is 1.08. The Morgan fingerprint density at radius 2 is 2.06 bits per heavy atom. The number of sulfonamides is 1. The van der Waals surface area contributed by atoms with Crippen LogP contribution in [0.3, 0.4) is 0 Å². The third kappa shape index (κ3) is 2.55. The fourth-order valence-corrected chi connectivity index (χ4v) is 3.67. The number of fused-ring (bicyclic) bond motifs is 1. The van der Waals surface area contributed by atoms with E-state index in [2.05, 4.69) is 0 Å². The van der Waals surface area contributed by atoms with Crippen LogP contribution >= 0.6 is 12.2 Å². The molecule has 0 atom stereocenters. The molecule has 1 aromatic rings. The van der Waals surface area contributed by atoms with Crippen LogP contribution in [-0.4, -0.2) is 31.3 Å². The average molecular weight is 284 g/mol. The Bertz CT molecular complexity index is 582. The standard InChI is InChI=1S/C12H16N2O2S2/c1-14(8-12(13)17)18(15,16)11-6-5-9-3-2-4-10(9)7-11/h5-7H,2-4,8H2,1H3,(H2,13,17). The van der Waals surface area contributed by atoms with Crippen molar-refractivity contribution in [2.45, 2.75) is 24.2 Å². The maximum atomic E-state index is 12.3. The van der Waals surface area contributed by atoms with Gasteiger partial charge in [-0.15, -0.1) is 0 Å². The smallest absolute Gasteiger partial charge is 0.243 e. The number of likely N-dealkylation sites (N-methyl/N-ethyl adjacent to an activating group) is 1. The van der Waals surface area contributed by atoms with Gasteiger partial charge in [-0.3, -0.25) is 0 Å². The largest absolute Gasteiger partial charge is 0.392 e. The fourth-order valence-electron chi connectivity index (χ4n) is 2.19. The molecule has 0 saturated carbocycles. The quantitative estimate of drug-likeness (QED) is 0.841. The number of nitrogens with two attached hydrogens (primary N) is 1. The van der Waals surface area contributed by atoms with Gasteiger partial charge in [-0.05, 0) is 42.5 Å². The molecule has 0 saturated heterocycles. The van der Waals surface area contributed by atoms with E-state index in [1.807, 2.05) is 6.07 Å². The van der Waals surface area contributed by atoms with Gasteiger partial charge in [-0.25, -0.2) is 8.42 Å². The predicted molar refractivity (Wildman–Crippen MR) is 75.1 cm³/mol. The Morgan fingerprint density at radius 3 is 2.72 bits per heavy atom. The average Bonchev–Trinajstić information content (AvgIpc) is 2.74. The highest BCUT2D eigenvalue weighted by Gasteiger charge is 2.23. The summed E-state index contributed by atoms with van der Waals surface area (Å²) in [5, 5.41) is 0. The zero-order valence-corrected chi connectivity index (χ0v) is 11.9. The van der Waals surface area contributed by atoms with Crippen LogP contribution in [0, 0.1) is 0 Å². The number of nitrogens with zero attached hydrogens (tertiary/aromatic N) is 1. The Hall–Kier alpha value is -0.980. The van der Waals surface area contributed by atoms with E-state index in [1.165, 1.54) is 16.9 Å². The summed E-state index contributed by atoms with van der Waals surface area (Å²) < 4.78 is 25.7. The number of rotatable bonds is 4. The van der Waals surface area contributed by atoms with E-state index in [4.69, 9.17) is 18.0 Å². The van der Waals surface area contributed by atoms with Gasteiger partial charge in [0.1, 0.15) is 0 Å². The van der Waals surface area contributed by atoms with Gasteiger partial charge >= 0.3 is 0 Å². The topological polar surface area (TPSA) is 63.4 Å². The highest BCUT2D eigenvalue weighted by molar-refractivity contribution is 7.89. The van der Waals surface area contributed by atoms with Crippen LogP contribution in [0.15, 0.2) is 23.1 Å². The summed E-state index contributed by atoms with van der Waals surface area (Å²) in [5.41, 5.74) is 7.78. The van der Waals surface area contributed by atoms with Crippen molar-refractivity contribution >= 4 is 27.2 Å². The minimum absolute atomic E-state index is 0.0642. The van der Waals surface area contributed by atoms with Gasteiger partial charge in [0.25, 0.3) is 0 Å². The van der Waals surface area contributed by atoms with Crippen molar-refractivity contribution in [2.75, 3.05) is 13.6 Å². The lowest BCUT2D eigenvalue weighted by molar-refractivity contribution is 0.506. The molecule has 4 nitrogen and oxygen atoms in total. The minimum Gasteiger partial charge on any atom is -0.392 e. The first kappa shape index (κ1) is 13.5. The van der Waals surface area contributed by atoms with Gasteiger partial charge in [0.05, 0.1) is 16.4 Å². The van der Waals surface area contributed by atoms with Crippen LogP contribution in [0.5, 0.6) is 0 Å². The van der Waals surface area contributed by atoms with Gasteiger partial charge < -0.3 is 5.73 Å². The lowest BCUT2D eigenvalue weighted by Crippen LogP contribution is -2.34. The summed E-state index contributed by atoms with van der Waals surface area (Å²) in [4.78, 5) is 0.490. The van der Waals surface area contributed by atoms with Crippen LogP contribution in [0.2, 0.25) is 0 Å². The number of aryl methyl sites for hydroxylation is 2. The van der Waals surface area contributed by atoms with Crippen molar-refractivity contribution in [2.24, 2.45) is 5.73 Å². The first-order valence-electron chi connectivity index (χ1n) is 5.77. The molecule has 6 heteroatoms. The highest BCUT2D eigenvalue weighted by atomic mass is 32.2. The molecule has 1 aromatic carbocycles. The van der Waals surface area contributed by atoms with Crippen molar-refractivity contribution in [3.63, 3.8) is 0 Å². The third-order valence-electron chi connectivity index (χ3n) is 3.16. The van der Waals surface area contributed by atoms with E-state index in [0.29, 0.717) is 4.90 Å². The molecule has 0 unspecified atom stereocenters. The molecule has 18 heavy (non-hydrogen) atoms. The summed E-state index contributed by atoms with van der Waals surface area (Å²) in [6, 6.07) is 5.34. The summed E-state index contributed by atoms with van der Waals surface area (Å²) >= 11 is 4.74. The van der Waals surface area contributed by atoms with Crippen LogP contribution in [0.1, 0.15) is 17.5 Å². The van der Waals surface area contributed by atoms with Crippen molar-refractivity contribution in [1.82, 2.24) is 4.31 Å². The molecule has 0 aliphatic heterocycles.